The Bertz CT molecular complexity index is 884. The summed E-state index contributed by atoms with van der Waals surface area (Å²) in [5.74, 6) is 0.00941. The summed E-state index contributed by atoms with van der Waals surface area (Å²) in [5, 5.41) is 4.38. The maximum atomic E-state index is 12.9. The van der Waals surface area contributed by atoms with E-state index in [1.807, 2.05) is 69.8 Å². The second-order valence-corrected chi connectivity index (χ2v) is 6.51. The molecule has 0 aliphatic carbocycles. The first-order valence-electron chi connectivity index (χ1n) is 8.79. The number of benzene rings is 1. The molecule has 1 unspecified atom stereocenters. The van der Waals surface area contributed by atoms with Gasteiger partial charge in [-0.05, 0) is 42.7 Å². The zero-order valence-electron chi connectivity index (χ0n) is 15.7. The van der Waals surface area contributed by atoms with Crippen LogP contribution >= 0.6 is 0 Å². The van der Waals surface area contributed by atoms with Crippen LogP contribution in [0.25, 0.3) is 11.1 Å². The van der Waals surface area contributed by atoms with Gasteiger partial charge in [-0.15, -0.1) is 0 Å². The molecule has 0 saturated carbocycles. The molecule has 0 fully saturated rings. The van der Waals surface area contributed by atoms with E-state index in [-0.39, 0.29) is 11.9 Å². The Labute approximate surface area is 154 Å². The molecule has 0 aliphatic rings. The van der Waals surface area contributed by atoms with Gasteiger partial charge in [-0.25, -0.2) is 0 Å². The molecule has 26 heavy (non-hydrogen) atoms. The first-order chi connectivity index (χ1) is 12.5. The summed E-state index contributed by atoms with van der Waals surface area (Å²) < 4.78 is 1.80. The molecule has 134 valence electrons. The molecule has 0 spiro atoms. The Morgan fingerprint density at radius 1 is 1.23 bits per heavy atom. The minimum absolute atomic E-state index is 0.00941. The summed E-state index contributed by atoms with van der Waals surface area (Å²) in [6.07, 6.45) is 6.40. The van der Waals surface area contributed by atoms with E-state index < -0.39 is 0 Å². The lowest BCUT2D eigenvalue weighted by molar-refractivity contribution is 0.0726. The average Bonchev–Trinajstić information content (AvgIpc) is 3.01. The highest BCUT2D eigenvalue weighted by Crippen LogP contribution is 2.26. The van der Waals surface area contributed by atoms with E-state index in [1.54, 1.807) is 15.8 Å². The van der Waals surface area contributed by atoms with Gasteiger partial charge in [-0.3, -0.25) is 14.5 Å². The number of carbonyl (C=O) groups is 1. The van der Waals surface area contributed by atoms with Gasteiger partial charge >= 0.3 is 0 Å². The van der Waals surface area contributed by atoms with Gasteiger partial charge in [-0.1, -0.05) is 25.1 Å². The zero-order chi connectivity index (χ0) is 18.7. The maximum absolute atomic E-state index is 12.9. The van der Waals surface area contributed by atoms with Gasteiger partial charge in [0, 0.05) is 43.8 Å². The normalized spacial score (nSPS) is 12.0. The van der Waals surface area contributed by atoms with Gasteiger partial charge in [0.15, 0.2) is 0 Å². The van der Waals surface area contributed by atoms with E-state index >= 15 is 0 Å². The van der Waals surface area contributed by atoms with Crippen molar-refractivity contribution in [3.63, 3.8) is 0 Å². The van der Waals surface area contributed by atoms with Crippen LogP contribution in [0.15, 0.2) is 55.0 Å². The van der Waals surface area contributed by atoms with Gasteiger partial charge in [0.05, 0.1) is 11.7 Å². The fraction of sp³-hybridized carbons (Fsp3) is 0.286. The predicted molar refractivity (Wildman–Crippen MR) is 103 cm³/mol. The molecule has 0 N–H and O–H groups in total. The van der Waals surface area contributed by atoms with Crippen LogP contribution in [0.5, 0.6) is 0 Å². The first kappa shape index (κ1) is 17.9. The fourth-order valence-corrected chi connectivity index (χ4v) is 3.33. The van der Waals surface area contributed by atoms with Gasteiger partial charge in [-0.2, -0.15) is 5.10 Å². The lowest BCUT2D eigenvalue weighted by atomic mass is 10.0. The summed E-state index contributed by atoms with van der Waals surface area (Å²) in [6.45, 7) is 4.07. The van der Waals surface area contributed by atoms with Crippen molar-refractivity contribution in [2.24, 2.45) is 7.05 Å². The number of hydrogen-bond acceptors (Lipinski definition) is 3. The van der Waals surface area contributed by atoms with Crippen molar-refractivity contribution in [3.05, 3.63) is 71.8 Å². The van der Waals surface area contributed by atoms with Crippen molar-refractivity contribution in [2.45, 2.75) is 26.3 Å². The van der Waals surface area contributed by atoms with Crippen molar-refractivity contribution in [1.82, 2.24) is 19.7 Å². The van der Waals surface area contributed by atoms with Crippen molar-refractivity contribution < 1.29 is 4.79 Å². The molecule has 3 aromatic rings. The van der Waals surface area contributed by atoms with Crippen molar-refractivity contribution in [2.75, 3.05) is 7.05 Å². The number of nitrogens with zero attached hydrogens (tertiary/aromatic N) is 4. The molecule has 0 saturated heterocycles. The molecular formula is C21H24N4O. The maximum Gasteiger partial charge on any atom is 0.254 e. The Kier molecular flexibility index (Phi) is 5.16. The minimum atomic E-state index is 0.00941. The number of aryl methyl sites for hydroxylation is 2. The van der Waals surface area contributed by atoms with Crippen LogP contribution in [0, 0.1) is 6.92 Å². The fourth-order valence-electron chi connectivity index (χ4n) is 3.33. The molecule has 5 heteroatoms. The molecule has 3 rings (SSSR count). The van der Waals surface area contributed by atoms with Crippen molar-refractivity contribution >= 4 is 5.91 Å². The SMILES string of the molecule is CCC(c1cccnc1)N(C)C(=O)c1ccc(-c2cn(C)nc2C)cc1. The van der Waals surface area contributed by atoms with Crippen molar-refractivity contribution in [3.8, 4) is 11.1 Å². The van der Waals surface area contributed by atoms with Gasteiger partial charge in [0.2, 0.25) is 0 Å². The molecule has 0 radical (unpaired) electrons. The van der Waals surface area contributed by atoms with E-state index in [0.29, 0.717) is 5.56 Å². The monoisotopic (exact) mass is 348 g/mol. The number of rotatable bonds is 5. The Morgan fingerprint density at radius 3 is 2.50 bits per heavy atom. The first-order valence-corrected chi connectivity index (χ1v) is 8.79. The van der Waals surface area contributed by atoms with E-state index in [4.69, 9.17) is 0 Å². The Morgan fingerprint density at radius 2 is 1.96 bits per heavy atom. The predicted octanol–water partition coefficient (Wildman–Crippen LogP) is 4.01. The molecule has 2 heterocycles. The Hall–Kier alpha value is -2.95. The van der Waals surface area contributed by atoms with Gasteiger partial charge in [0.1, 0.15) is 0 Å². The third-order valence-corrected chi connectivity index (χ3v) is 4.70. The highest BCUT2D eigenvalue weighted by atomic mass is 16.2. The van der Waals surface area contributed by atoms with Gasteiger partial charge in [0.25, 0.3) is 5.91 Å². The lowest BCUT2D eigenvalue weighted by Crippen LogP contribution is -2.31. The van der Waals surface area contributed by atoms with E-state index in [9.17, 15) is 4.79 Å². The largest absolute Gasteiger partial charge is 0.335 e. The summed E-state index contributed by atoms with van der Waals surface area (Å²) in [5.41, 5.74) is 4.86. The third kappa shape index (κ3) is 3.52. The summed E-state index contributed by atoms with van der Waals surface area (Å²) in [6, 6.07) is 11.7. The number of hydrogen-bond donors (Lipinski definition) is 0. The number of pyridine rings is 1. The number of carbonyl (C=O) groups excluding carboxylic acids is 1. The topological polar surface area (TPSA) is 51.0 Å². The molecule has 1 amide bonds. The number of amides is 1. The molecule has 2 aromatic heterocycles. The summed E-state index contributed by atoms with van der Waals surface area (Å²) in [4.78, 5) is 18.9. The van der Waals surface area contributed by atoms with Crippen LogP contribution in [-0.2, 0) is 7.05 Å². The molecule has 1 atom stereocenters. The lowest BCUT2D eigenvalue weighted by Gasteiger charge is -2.27. The average molecular weight is 348 g/mol. The van der Waals surface area contributed by atoms with Crippen LogP contribution in [0.4, 0.5) is 0 Å². The molecule has 1 aromatic carbocycles. The molecule has 0 aliphatic heterocycles. The standard InChI is InChI=1S/C21H24N4O/c1-5-20(18-7-6-12-22-13-18)25(4)21(26)17-10-8-16(9-11-17)19-14-24(3)23-15(19)2/h6-14,20H,5H2,1-4H3. The highest BCUT2D eigenvalue weighted by Gasteiger charge is 2.21. The molecule has 5 nitrogen and oxygen atoms in total. The smallest absolute Gasteiger partial charge is 0.254 e. The van der Waals surface area contributed by atoms with Crippen molar-refractivity contribution in [1.29, 1.82) is 0 Å². The minimum Gasteiger partial charge on any atom is -0.335 e. The summed E-state index contributed by atoms with van der Waals surface area (Å²) >= 11 is 0. The van der Waals surface area contributed by atoms with E-state index in [0.717, 1.165) is 28.8 Å². The summed E-state index contributed by atoms with van der Waals surface area (Å²) in [7, 11) is 3.76. The second kappa shape index (κ2) is 7.52. The van der Waals surface area contributed by atoms with Crippen LogP contribution in [0.3, 0.4) is 0 Å². The van der Waals surface area contributed by atoms with Crippen LogP contribution in [0.1, 0.15) is 41.0 Å². The van der Waals surface area contributed by atoms with E-state index in [1.165, 1.54) is 0 Å². The van der Waals surface area contributed by atoms with Gasteiger partial charge < -0.3 is 4.90 Å². The number of aromatic nitrogens is 3. The zero-order valence-corrected chi connectivity index (χ0v) is 15.7. The molecular weight excluding hydrogens is 324 g/mol. The van der Waals surface area contributed by atoms with Crippen LogP contribution in [-0.4, -0.2) is 32.6 Å². The van der Waals surface area contributed by atoms with Crippen LogP contribution < -0.4 is 0 Å². The Balaban J connectivity index is 1.82. The second-order valence-electron chi connectivity index (χ2n) is 6.51. The highest BCUT2D eigenvalue weighted by molar-refractivity contribution is 5.94. The molecule has 0 bridgehead atoms. The third-order valence-electron chi connectivity index (χ3n) is 4.70. The van der Waals surface area contributed by atoms with Crippen LogP contribution in [0.2, 0.25) is 0 Å². The van der Waals surface area contributed by atoms with E-state index in [2.05, 4.69) is 17.0 Å². The quantitative estimate of drug-likeness (QED) is 0.700.